The molecule has 0 bridgehead atoms. The van der Waals surface area contributed by atoms with Crippen LogP contribution in [0, 0.1) is 6.92 Å². The molecule has 21 heavy (non-hydrogen) atoms. The number of amides is 1. The molecule has 0 saturated carbocycles. The van der Waals surface area contributed by atoms with E-state index in [1.807, 2.05) is 6.92 Å². The summed E-state index contributed by atoms with van der Waals surface area (Å²) in [5.41, 5.74) is 1.06. The summed E-state index contributed by atoms with van der Waals surface area (Å²) in [6.45, 7) is 3.16. The topological polar surface area (TPSA) is 133 Å². The predicted molar refractivity (Wildman–Crippen MR) is 74.2 cm³/mol. The van der Waals surface area contributed by atoms with Crippen LogP contribution in [-0.2, 0) is 8.53 Å². The van der Waals surface area contributed by atoms with E-state index in [0.29, 0.717) is 0 Å². The fourth-order valence-corrected chi connectivity index (χ4v) is 2.73. The molecule has 8 nitrogen and oxygen atoms in total. The normalized spacial score (nSPS) is 10.5. The second kappa shape index (κ2) is 7.12. The molecule has 114 valence electrons. The molecule has 0 aliphatic heterocycles. The Hall–Kier alpha value is -2.02. The van der Waals surface area contributed by atoms with Gasteiger partial charge in [-0.05, 0) is 6.92 Å². The third-order valence-corrected chi connectivity index (χ3v) is 4.27. The molecule has 2 aromatic rings. The number of phenolic OH excluding ortho intramolecular Hbond substituents is 1. The first-order valence-electron chi connectivity index (χ1n) is 5.73. The van der Waals surface area contributed by atoms with E-state index in [0.717, 1.165) is 11.6 Å². The Morgan fingerprint density at radius 1 is 1.38 bits per heavy atom. The number of benzene rings is 1. The fraction of sp³-hybridized carbons (Fsp3) is 0.167. The second-order valence-corrected chi connectivity index (χ2v) is 7.39. The third kappa shape index (κ3) is 5.47. The van der Waals surface area contributed by atoms with E-state index in [1.54, 1.807) is 12.5 Å². The SMILES string of the molecule is CC(=O)Nc1cccc([As](=O)(O)O)c1O.Cc1cnoc1. The van der Waals surface area contributed by atoms with Gasteiger partial charge in [-0.1, -0.05) is 5.16 Å². The van der Waals surface area contributed by atoms with Crippen LogP contribution in [0.15, 0.2) is 35.2 Å². The van der Waals surface area contributed by atoms with Gasteiger partial charge in [-0.15, -0.1) is 0 Å². The van der Waals surface area contributed by atoms with Crippen LogP contribution in [0.4, 0.5) is 5.69 Å². The predicted octanol–water partition coefficient (Wildman–Crippen LogP) is -0.105. The van der Waals surface area contributed by atoms with Gasteiger partial charge in [0.15, 0.2) is 0 Å². The molecule has 0 saturated heterocycles. The van der Waals surface area contributed by atoms with Crippen molar-refractivity contribution in [2.24, 2.45) is 0 Å². The van der Waals surface area contributed by atoms with E-state index in [4.69, 9.17) is 8.19 Å². The van der Waals surface area contributed by atoms with E-state index >= 15 is 0 Å². The number of aromatic hydroxyl groups is 1. The first-order chi connectivity index (χ1) is 9.71. The standard InChI is InChI=1S/C8H10AsNO5.C4H5NO/c1-5(11)10-7-4-2-3-6(8(7)12)9(13,14)15;1-4-2-5-6-3-4/h2-4,12H,1H3,(H,10,11)(H2,13,14,15);2-3H,1H3. The maximum Gasteiger partial charge on any atom is 0.126 e. The Morgan fingerprint density at radius 3 is 2.43 bits per heavy atom. The maximum absolute atomic E-state index is 11.0. The van der Waals surface area contributed by atoms with Gasteiger partial charge in [0.05, 0.1) is 6.20 Å². The summed E-state index contributed by atoms with van der Waals surface area (Å²) >= 11 is -5.15. The summed E-state index contributed by atoms with van der Waals surface area (Å²) in [6, 6.07) is 3.83. The summed E-state index contributed by atoms with van der Waals surface area (Å²) < 4.78 is 32.8. The quantitative estimate of drug-likeness (QED) is 0.435. The van der Waals surface area contributed by atoms with Gasteiger partial charge in [0.2, 0.25) is 0 Å². The van der Waals surface area contributed by atoms with Crippen LogP contribution in [-0.4, -0.2) is 38.5 Å². The Balaban J connectivity index is 0.000000304. The van der Waals surface area contributed by atoms with Crippen molar-refractivity contribution >= 4 is 30.1 Å². The van der Waals surface area contributed by atoms with E-state index in [1.165, 1.54) is 19.1 Å². The Labute approximate surface area is 123 Å². The van der Waals surface area contributed by atoms with Crippen LogP contribution < -0.4 is 9.67 Å². The number of aryl methyl sites for hydroxylation is 1. The van der Waals surface area contributed by atoms with Crippen LogP contribution >= 0.6 is 0 Å². The Kier molecular flexibility index (Phi) is 5.77. The van der Waals surface area contributed by atoms with Crippen molar-refractivity contribution in [2.75, 3.05) is 5.32 Å². The number of nitrogens with one attached hydrogen (secondary N) is 1. The molecule has 0 aliphatic rings. The molecule has 1 amide bonds. The molecule has 4 N–H and O–H groups in total. The van der Waals surface area contributed by atoms with E-state index in [9.17, 15) is 13.6 Å². The number of hydrogen-bond donors (Lipinski definition) is 4. The van der Waals surface area contributed by atoms with Crippen molar-refractivity contribution in [1.29, 1.82) is 0 Å². The van der Waals surface area contributed by atoms with Gasteiger partial charge in [-0.3, -0.25) is 0 Å². The number of nitrogens with zero attached hydrogens (tertiary/aromatic N) is 1. The van der Waals surface area contributed by atoms with Crippen molar-refractivity contribution in [3.05, 3.63) is 36.2 Å². The van der Waals surface area contributed by atoms with Gasteiger partial charge in [0.1, 0.15) is 6.26 Å². The monoisotopic (exact) mass is 358 g/mol. The van der Waals surface area contributed by atoms with Crippen molar-refractivity contribution in [1.82, 2.24) is 5.16 Å². The summed E-state index contributed by atoms with van der Waals surface area (Å²) in [5, 5.41) is 15.2. The third-order valence-electron chi connectivity index (χ3n) is 2.20. The number of phenols is 1. The summed E-state index contributed by atoms with van der Waals surface area (Å²) in [7, 11) is 0. The van der Waals surface area contributed by atoms with Crippen molar-refractivity contribution in [2.45, 2.75) is 13.8 Å². The smallest absolute Gasteiger partial charge is 0.126 e. The molecular formula is C12H15AsN2O6. The number of rotatable bonds is 2. The van der Waals surface area contributed by atoms with Crippen LogP contribution in [0.5, 0.6) is 5.75 Å². The van der Waals surface area contributed by atoms with E-state index in [2.05, 4.69) is 15.0 Å². The molecule has 0 atom stereocenters. The molecule has 9 heteroatoms. The van der Waals surface area contributed by atoms with Gasteiger partial charge in [-0.25, -0.2) is 0 Å². The largest absolute Gasteiger partial charge is 0.365 e. The van der Waals surface area contributed by atoms with Gasteiger partial charge in [0.25, 0.3) is 0 Å². The zero-order valence-electron chi connectivity index (χ0n) is 11.3. The summed E-state index contributed by atoms with van der Waals surface area (Å²) in [4.78, 5) is 10.7. The van der Waals surface area contributed by atoms with Gasteiger partial charge in [0, 0.05) is 5.56 Å². The molecule has 0 fully saturated rings. The molecule has 2 rings (SSSR count). The minimum Gasteiger partial charge on any atom is -0.365 e. The zero-order chi connectivity index (χ0) is 16.0. The summed E-state index contributed by atoms with van der Waals surface area (Å²) in [5.74, 6) is -1.01. The fourth-order valence-electron chi connectivity index (χ4n) is 1.31. The second-order valence-electron chi connectivity index (χ2n) is 4.10. The molecule has 0 radical (unpaired) electrons. The van der Waals surface area contributed by atoms with Crippen LogP contribution in [0.1, 0.15) is 12.5 Å². The zero-order valence-corrected chi connectivity index (χ0v) is 13.2. The maximum atomic E-state index is 11.0. The van der Waals surface area contributed by atoms with E-state index < -0.39 is 30.2 Å². The number of anilines is 1. The first kappa shape index (κ1) is 17.0. The molecule has 0 spiro atoms. The van der Waals surface area contributed by atoms with E-state index in [-0.39, 0.29) is 5.69 Å². The van der Waals surface area contributed by atoms with Crippen molar-refractivity contribution < 1.29 is 26.4 Å². The van der Waals surface area contributed by atoms with Crippen LogP contribution in [0.2, 0.25) is 0 Å². The minimum atomic E-state index is -5.15. The van der Waals surface area contributed by atoms with Crippen molar-refractivity contribution in [3.8, 4) is 5.75 Å². The number of carbonyl (C=O) groups is 1. The minimum absolute atomic E-state index is 0.00951. The summed E-state index contributed by atoms with van der Waals surface area (Å²) in [6.07, 6.45) is 3.26. The molecule has 1 aromatic carbocycles. The molecular weight excluding hydrogens is 343 g/mol. The van der Waals surface area contributed by atoms with Gasteiger partial charge >= 0.3 is 88.1 Å². The number of aromatic nitrogens is 1. The van der Waals surface area contributed by atoms with Crippen LogP contribution in [0.25, 0.3) is 0 Å². The van der Waals surface area contributed by atoms with Crippen LogP contribution in [0.3, 0.4) is 0 Å². The van der Waals surface area contributed by atoms with Gasteiger partial charge < -0.3 is 4.52 Å². The Morgan fingerprint density at radius 2 is 2.05 bits per heavy atom. The molecule has 1 aromatic heterocycles. The molecule has 1 heterocycles. The molecule has 0 unspecified atom stereocenters. The Bertz CT molecular complexity index is 650. The van der Waals surface area contributed by atoms with Gasteiger partial charge in [-0.2, -0.15) is 0 Å². The number of hydrogen-bond acceptors (Lipinski definition) is 5. The number of para-hydroxylation sites is 1. The average molecular weight is 358 g/mol. The average Bonchev–Trinajstić information content (AvgIpc) is 2.82. The van der Waals surface area contributed by atoms with Crippen molar-refractivity contribution in [3.63, 3.8) is 0 Å². The number of carbonyl (C=O) groups excluding carboxylic acids is 1. The molecule has 0 aliphatic carbocycles. The first-order valence-corrected chi connectivity index (χ1v) is 9.11.